The van der Waals surface area contributed by atoms with Crippen LogP contribution in [0.5, 0.6) is 0 Å². The van der Waals surface area contributed by atoms with Crippen molar-refractivity contribution >= 4 is 28.7 Å². The number of aliphatic carboxylic acids is 1. The van der Waals surface area contributed by atoms with Gasteiger partial charge in [0.05, 0.1) is 28.0 Å². The Morgan fingerprint density at radius 1 is 1.24 bits per heavy atom. The van der Waals surface area contributed by atoms with Crippen LogP contribution < -0.4 is 10.6 Å². The molecule has 2 aromatic heterocycles. The van der Waals surface area contributed by atoms with Gasteiger partial charge in [-0.05, 0) is 44.9 Å². The quantitative estimate of drug-likeness (QED) is 0.422. The maximum Gasteiger partial charge on any atom is 0.490 e. The molecule has 4 N–H and O–H groups in total. The molecular formula is C22H21F4N5O3. The SMILES string of the molecule is Cc1nc2ccc(F)c(-c3cc4c([nH]3)CCNC4=O)c2nc1NC1(C)CC1.O=C(O)C(F)(F)F. The van der Waals surface area contributed by atoms with E-state index in [1.165, 1.54) is 6.07 Å². The molecule has 3 heterocycles. The number of aromatic amines is 1. The van der Waals surface area contributed by atoms with Crippen LogP contribution in [-0.2, 0) is 11.2 Å². The van der Waals surface area contributed by atoms with Gasteiger partial charge < -0.3 is 20.7 Å². The molecule has 3 aromatic rings. The zero-order chi connectivity index (χ0) is 24.8. The summed E-state index contributed by atoms with van der Waals surface area (Å²) >= 11 is 0. The van der Waals surface area contributed by atoms with Crippen molar-refractivity contribution < 1.29 is 32.3 Å². The second-order valence-corrected chi connectivity index (χ2v) is 8.52. The lowest BCUT2D eigenvalue weighted by atomic mass is 10.1. The second-order valence-electron chi connectivity index (χ2n) is 8.52. The summed E-state index contributed by atoms with van der Waals surface area (Å²) in [6.45, 7) is 4.62. The summed E-state index contributed by atoms with van der Waals surface area (Å²) in [5.74, 6) is -2.59. The van der Waals surface area contributed by atoms with Crippen LogP contribution in [0, 0.1) is 12.7 Å². The van der Waals surface area contributed by atoms with Crippen LogP contribution in [-0.4, -0.2) is 50.2 Å². The van der Waals surface area contributed by atoms with Gasteiger partial charge in [0, 0.05) is 24.2 Å². The lowest BCUT2D eigenvalue weighted by Crippen LogP contribution is -2.31. The van der Waals surface area contributed by atoms with Gasteiger partial charge >= 0.3 is 12.1 Å². The number of hydrogen-bond acceptors (Lipinski definition) is 5. The van der Waals surface area contributed by atoms with Gasteiger partial charge in [-0.15, -0.1) is 0 Å². The minimum absolute atomic E-state index is 0.0458. The first-order valence-electron chi connectivity index (χ1n) is 10.4. The van der Waals surface area contributed by atoms with E-state index in [9.17, 15) is 22.4 Å². The number of carboxylic acid groups (broad SMARTS) is 1. The molecule has 1 aliphatic carbocycles. The van der Waals surface area contributed by atoms with E-state index in [0.717, 1.165) is 24.2 Å². The van der Waals surface area contributed by atoms with Crippen LogP contribution in [0.15, 0.2) is 18.2 Å². The normalized spacial score (nSPS) is 16.2. The van der Waals surface area contributed by atoms with Gasteiger partial charge in [-0.2, -0.15) is 13.2 Å². The van der Waals surface area contributed by atoms with E-state index in [-0.39, 0.29) is 17.3 Å². The fourth-order valence-corrected chi connectivity index (χ4v) is 3.59. The van der Waals surface area contributed by atoms with Crippen molar-refractivity contribution in [1.82, 2.24) is 20.3 Å². The monoisotopic (exact) mass is 479 g/mol. The number of nitrogens with zero attached hydrogens (tertiary/aromatic N) is 2. The number of anilines is 1. The zero-order valence-electron chi connectivity index (χ0n) is 18.2. The average molecular weight is 479 g/mol. The van der Waals surface area contributed by atoms with E-state index in [0.29, 0.717) is 46.6 Å². The fourth-order valence-electron chi connectivity index (χ4n) is 3.59. The number of halogens is 4. The molecule has 1 aliphatic heterocycles. The first kappa shape index (κ1) is 23.5. The Bertz CT molecular complexity index is 1300. The minimum Gasteiger partial charge on any atom is -0.475 e. The molecule has 34 heavy (non-hydrogen) atoms. The average Bonchev–Trinajstić information content (AvgIpc) is 3.30. The Morgan fingerprint density at radius 2 is 1.91 bits per heavy atom. The summed E-state index contributed by atoms with van der Waals surface area (Å²) < 4.78 is 46.6. The number of amides is 1. The van der Waals surface area contributed by atoms with Gasteiger partial charge in [-0.25, -0.2) is 19.2 Å². The number of carbonyl (C=O) groups excluding carboxylic acids is 1. The number of nitrogens with one attached hydrogen (secondary N) is 3. The van der Waals surface area contributed by atoms with Gasteiger partial charge in [-0.1, -0.05) is 0 Å². The highest BCUT2D eigenvalue weighted by molar-refractivity contribution is 5.99. The molecule has 1 aromatic carbocycles. The molecule has 12 heteroatoms. The van der Waals surface area contributed by atoms with Crippen molar-refractivity contribution in [3.8, 4) is 11.3 Å². The van der Waals surface area contributed by atoms with Gasteiger partial charge in [0.1, 0.15) is 17.2 Å². The summed E-state index contributed by atoms with van der Waals surface area (Å²) in [6, 6.07) is 4.76. The third kappa shape index (κ3) is 4.66. The highest BCUT2D eigenvalue weighted by Crippen LogP contribution is 2.39. The largest absolute Gasteiger partial charge is 0.490 e. The lowest BCUT2D eigenvalue weighted by Gasteiger charge is -2.15. The molecule has 180 valence electrons. The topological polar surface area (TPSA) is 120 Å². The minimum atomic E-state index is -5.08. The van der Waals surface area contributed by atoms with E-state index in [2.05, 4.69) is 27.5 Å². The summed E-state index contributed by atoms with van der Waals surface area (Å²) in [5, 5.41) is 13.4. The van der Waals surface area contributed by atoms with Gasteiger partial charge in [0.15, 0.2) is 0 Å². The maximum absolute atomic E-state index is 14.8. The third-order valence-corrected chi connectivity index (χ3v) is 5.70. The second kappa shape index (κ2) is 8.26. The van der Waals surface area contributed by atoms with Crippen molar-refractivity contribution in [1.29, 1.82) is 0 Å². The molecule has 2 aliphatic rings. The molecule has 0 saturated heterocycles. The van der Waals surface area contributed by atoms with E-state index < -0.39 is 12.1 Å². The van der Waals surface area contributed by atoms with Crippen molar-refractivity contribution in [3.05, 3.63) is 41.0 Å². The highest BCUT2D eigenvalue weighted by Gasteiger charge is 2.38. The van der Waals surface area contributed by atoms with E-state index >= 15 is 0 Å². The third-order valence-electron chi connectivity index (χ3n) is 5.70. The Kier molecular flexibility index (Phi) is 5.70. The Labute approximate surface area is 190 Å². The number of carboxylic acids is 1. The smallest absolute Gasteiger partial charge is 0.475 e. The molecule has 1 saturated carbocycles. The Balaban J connectivity index is 0.000000344. The van der Waals surface area contributed by atoms with Crippen LogP contribution in [0.4, 0.5) is 23.4 Å². The van der Waals surface area contributed by atoms with Crippen molar-refractivity contribution in [3.63, 3.8) is 0 Å². The molecule has 5 rings (SSSR count). The molecular weight excluding hydrogens is 458 g/mol. The molecule has 0 radical (unpaired) electrons. The predicted octanol–water partition coefficient (Wildman–Crippen LogP) is 3.96. The van der Waals surface area contributed by atoms with E-state index in [1.54, 1.807) is 12.1 Å². The summed E-state index contributed by atoms with van der Waals surface area (Å²) in [6.07, 6.45) is -2.22. The number of aryl methyl sites for hydroxylation is 1. The maximum atomic E-state index is 14.8. The highest BCUT2D eigenvalue weighted by atomic mass is 19.4. The number of carbonyl (C=O) groups is 2. The van der Waals surface area contributed by atoms with Crippen LogP contribution >= 0.6 is 0 Å². The van der Waals surface area contributed by atoms with Crippen molar-refractivity contribution in [2.24, 2.45) is 0 Å². The molecule has 0 atom stereocenters. The molecule has 0 spiro atoms. The lowest BCUT2D eigenvalue weighted by molar-refractivity contribution is -0.192. The van der Waals surface area contributed by atoms with Crippen LogP contribution in [0.3, 0.4) is 0 Å². The number of benzene rings is 1. The van der Waals surface area contributed by atoms with Crippen molar-refractivity contribution in [2.45, 2.75) is 44.8 Å². The number of fused-ring (bicyclic) bond motifs is 2. The molecule has 0 bridgehead atoms. The molecule has 8 nitrogen and oxygen atoms in total. The molecule has 0 unspecified atom stereocenters. The summed E-state index contributed by atoms with van der Waals surface area (Å²) in [7, 11) is 0. The van der Waals surface area contributed by atoms with E-state index in [1.807, 2.05) is 6.92 Å². The zero-order valence-corrected chi connectivity index (χ0v) is 18.2. The molecule has 1 fully saturated rings. The number of rotatable bonds is 3. The summed E-state index contributed by atoms with van der Waals surface area (Å²) in [4.78, 5) is 33.5. The standard InChI is InChI=1S/C20H20FN5O.C2HF3O2/c1-10-18(26-20(2)6-7-20)25-17-14(23-10)4-3-12(21)16(17)15-9-11-13(24-15)5-8-22-19(11)27;3-2(4,5)1(6)7/h3-4,9,24H,5-8H2,1-2H3,(H,22,27)(H,25,26);(H,6,7). The number of hydrogen-bond donors (Lipinski definition) is 4. The van der Waals surface area contributed by atoms with Crippen LogP contribution in [0.25, 0.3) is 22.3 Å². The van der Waals surface area contributed by atoms with Gasteiger partial charge in [-0.3, -0.25) is 4.79 Å². The van der Waals surface area contributed by atoms with Crippen LogP contribution in [0.1, 0.15) is 41.5 Å². The molecule has 1 amide bonds. The van der Waals surface area contributed by atoms with Crippen LogP contribution in [0.2, 0.25) is 0 Å². The van der Waals surface area contributed by atoms with E-state index in [4.69, 9.17) is 14.9 Å². The fraction of sp³-hybridized carbons (Fsp3) is 0.364. The van der Waals surface area contributed by atoms with Gasteiger partial charge in [0.2, 0.25) is 0 Å². The number of H-pyrrole nitrogens is 1. The number of alkyl halides is 3. The predicted molar refractivity (Wildman–Crippen MR) is 115 cm³/mol. The Hall–Kier alpha value is -3.70. The van der Waals surface area contributed by atoms with Gasteiger partial charge in [0.25, 0.3) is 5.91 Å². The summed E-state index contributed by atoms with van der Waals surface area (Å²) in [5.41, 5.74) is 4.26. The Morgan fingerprint density at radius 3 is 2.50 bits per heavy atom. The van der Waals surface area contributed by atoms with Crippen molar-refractivity contribution in [2.75, 3.05) is 11.9 Å². The first-order chi connectivity index (χ1) is 15.9. The first-order valence-corrected chi connectivity index (χ1v) is 10.4. The number of aromatic nitrogens is 3.